The van der Waals surface area contributed by atoms with Gasteiger partial charge in [-0.25, -0.2) is 13.4 Å². The maximum atomic E-state index is 11.6. The number of nitrogens with zero attached hydrogens (tertiary/aromatic N) is 2. The van der Waals surface area contributed by atoms with Gasteiger partial charge >= 0.3 is 0 Å². The van der Waals surface area contributed by atoms with Crippen LogP contribution in [-0.4, -0.2) is 48.9 Å². The van der Waals surface area contributed by atoms with E-state index in [4.69, 9.17) is 5.73 Å². The Kier molecular flexibility index (Phi) is 4.29. The molecule has 1 aromatic heterocycles. The standard InChI is InChI=1S/C12H21N3O2S2/c1-10-11(18-9-14-10)7-15(2)12(8-13)3-5-19(16,17)6-4-12/h9H,3-8,13H2,1-2H3. The highest BCUT2D eigenvalue weighted by molar-refractivity contribution is 7.91. The number of hydrogen-bond acceptors (Lipinski definition) is 6. The summed E-state index contributed by atoms with van der Waals surface area (Å²) < 4.78 is 23.2. The Balaban J connectivity index is 2.11. The molecule has 2 heterocycles. The number of thiazole rings is 1. The zero-order chi connectivity index (χ0) is 14.1. The fraction of sp³-hybridized carbons (Fsp3) is 0.750. The van der Waals surface area contributed by atoms with Crippen molar-refractivity contribution in [2.75, 3.05) is 25.1 Å². The third-order valence-corrected chi connectivity index (χ3v) is 6.74. The third kappa shape index (κ3) is 3.16. The number of aromatic nitrogens is 1. The van der Waals surface area contributed by atoms with Gasteiger partial charge in [-0.3, -0.25) is 4.90 Å². The van der Waals surface area contributed by atoms with Gasteiger partial charge in [-0.2, -0.15) is 0 Å². The lowest BCUT2D eigenvalue weighted by Crippen LogP contribution is -2.55. The molecule has 0 aliphatic carbocycles. The quantitative estimate of drug-likeness (QED) is 0.890. The molecule has 108 valence electrons. The maximum absolute atomic E-state index is 11.6. The lowest BCUT2D eigenvalue weighted by molar-refractivity contribution is 0.106. The average molecular weight is 303 g/mol. The molecule has 1 aliphatic heterocycles. The van der Waals surface area contributed by atoms with Gasteiger partial charge in [0.15, 0.2) is 0 Å². The van der Waals surface area contributed by atoms with Gasteiger partial charge in [0, 0.05) is 23.5 Å². The van der Waals surface area contributed by atoms with Crippen molar-refractivity contribution in [2.24, 2.45) is 5.73 Å². The zero-order valence-corrected chi connectivity index (χ0v) is 13.1. The number of likely N-dealkylation sites (N-methyl/N-ethyl adjacent to an activating group) is 1. The predicted molar refractivity (Wildman–Crippen MR) is 78.0 cm³/mol. The van der Waals surface area contributed by atoms with Crippen LogP contribution < -0.4 is 5.73 Å². The first-order valence-electron chi connectivity index (χ1n) is 6.39. The van der Waals surface area contributed by atoms with Gasteiger partial charge in [-0.05, 0) is 26.8 Å². The van der Waals surface area contributed by atoms with Crippen molar-refractivity contribution in [1.82, 2.24) is 9.88 Å². The lowest BCUT2D eigenvalue weighted by atomic mass is 9.90. The van der Waals surface area contributed by atoms with Crippen LogP contribution in [0.4, 0.5) is 0 Å². The Bertz CT molecular complexity index is 525. The summed E-state index contributed by atoms with van der Waals surface area (Å²) in [6.07, 6.45) is 1.25. The van der Waals surface area contributed by atoms with E-state index in [0.29, 0.717) is 19.4 Å². The Labute approximate surface area is 118 Å². The first-order valence-corrected chi connectivity index (χ1v) is 9.09. The van der Waals surface area contributed by atoms with Gasteiger partial charge in [-0.1, -0.05) is 0 Å². The summed E-state index contributed by atoms with van der Waals surface area (Å²) in [5.41, 5.74) is 8.65. The first-order chi connectivity index (χ1) is 8.88. The summed E-state index contributed by atoms with van der Waals surface area (Å²) in [6, 6.07) is 0. The van der Waals surface area contributed by atoms with Crippen molar-refractivity contribution < 1.29 is 8.42 Å². The summed E-state index contributed by atoms with van der Waals surface area (Å²) in [6.45, 7) is 3.28. The van der Waals surface area contributed by atoms with Crippen LogP contribution in [0.1, 0.15) is 23.4 Å². The molecule has 0 saturated carbocycles. The van der Waals surface area contributed by atoms with E-state index in [1.165, 1.54) is 4.88 Å². The van der Waals surface area contributed by atoms with Crippen LogP contribution in [0.15, 0.2) is 5.51 Å². The minimum Gasteiger partial charge on any atom is -0.329 e. The van der Waals surface area contributed by atoms with Crippen LogP contribution in [0.3, 0.4) is 0 Å². The van der Waals surface area contributed by atoms with Crippen LogP contribution >= 0.6 is 11.3 Å². The summed E-state index contributed by atoms with van der Waals surface area (Å²) >= 11 is 1.64. The van der Waals surface area contributed by atoms with Crippen LogP contribution in [-0.2, 0) is 16.4 Å². The molecule has 0 bridgehead atoms. The molecule has 0 atom stereocenters. The highest BCUT2D eigenvalue weighted by Crippen LogP contribution is 2.30. The molecule has 7 heteroatoms. The Morgan fingerprint density at radius 3 is 2.58 bits per heavy atom. The fourth-order valence-corrected chi connectivity index (χ4v) is 4.94. The van der Waals surface area contributed by atoms with Crippen molar-refractivity contribution in [1.29, 1.82) is 0 Å². The van der Waals surface area contributed by atoms with Crippen molar-refractivity contribution in [3.8, 4) is 0 Å². The van der Waals surface area contributed by atoms with E-state index in [0.717, 1.165) is 12.2 Å². The number of nitrogens with two attached hydrogens (primary N) is 1. The third-order valence-electron chi connectivity index (χ3n) is 4.17. The van der Waals surface area contributed by atoms with E-state index < -0.39 is 9.84 Å². The van der Waals surface area contributed by atoms with Gasteiger partial charge in [0.25, 0.3) is 0 Å². The molecule has 0 aromatic carbocycles. The van der Waals surface area contributed by atoms with Gasteiger partial charge < -0.3 is 5.73 Å². The molecule has 1 fully saturated rings. The predicted octanol–water partition coefficient (Wildman–Crippen LogP) is 0.789. The van der Waals surface area contributed by atoms with Crippen molar-refractivity contribution >= 4 is 21.2 Å². The van der Waals surface area contributed by atoms with Gasteiger partial charge in [0.05, 0.1) is 22.7 Å². The Hall–Kier alpha value is -0.500. The van der Waals surface area contributed by atoms with E-state index in [2.05, 4.69) is 9.88 Å². The minimum atomic E-state index is -2.86. The lowest BCUT2D eigenvalue weighted by Gasteiger charge is -2.43. The molecule has 0 amide bonds. The normalized spacial score (nSPS) is 21.7. The maximum Gasteiger partial charge on any atom is 0.150 e. The molecule has 0 radical (unpaired) electrons. The van der Waals surface area contributed by atoms with Gasteiger partial charge in [0.1, 0.15) is 9.84 Å². The van der Waals surface area contributed by atoms with Crippen LogP contribution in [0, 0.1) is 6.92 Å². The monoisotopic (exact) mass is 303 g/mol. The van der Waals surface area contributed by atoms with E-state index in [9.17, 15) is 8.42 Å². The van der Waals surface area contributed by atoms with E-state index in [-0.39, 0.29) is 17.0 Å². The average Bonchev–Trinajstić information content (AvgIpc) is 2.76. The Morgan fingerprint density at radius 1 is 1.47 bits per heavy atom. The highest BCUT2D eigenvalue weighted by atomic mass is 32.2. The van der Waals surface area contributed by atoms with Crippen LogP contribution in [0.2, 0.25) is 0 Å². The number of sulfone groups is 1. The molecule has 1 saturated heterocycles. The van der Waals surface area contributed by atoms with E-state index >= 15 is 0 Å². The summed E-state index contributed by atoms with van der Waals surface area (Å²) in [4.78, 5) is 7.69. The van der Waals surface area contributed by atoms with Gasteiger partial charge in [-0.15, -0.1) is 11.3 Å². The zero-order valence-electron chi connectivity index (χ0n) is 11.4. The van der Waals surface area contributed by atoms with Gasteiger partial charge in [0.2, 0.25) is 0 Å². The van der Waals surface area contributed by atoms with Crippen LogP contribution in [0.5, 0.6) is 0 Å². The minimum absolute atomic E-state index is 0.193. The molecular formula is C12H21N3O2S2. The second kappa shape index (κ2) is 5.47. The summed E-state index contributed by atoms with van der Waals surface area (Å²) in [7, 11) is -0.828. The summed E-state index contributed by atoms with van der Waals surface area (Å²) in [5, 5.41) is 0. The van der Waals surface area contributed by atoms with Crippen molar-refractivity contribution in [2.45, 2.75) is 31.8 Å². The molecule has 0 spiro atoms. The molecule has 5 nitrogen and oxygen atoms in total. The topological polar surface area (TPSA) is 76.3 Å². The number of rotatable bonds is 4. The molecule has 0 unspecified atom stereocenters. The smallest absolute Gasteiger partial charge is 0.150 e. The molecule has 1 aliphatic rings. The second-order valence-corrected chi connectivity index (χ2v) is 8.54. The largest absolute Gasteiger partial charge is 0.329 e. The SMILES string of the molecule is Cc1ncsc1CN(C)C1(CN)CCS(=O)(=O)CC1. The Morgan fingerprint density at radius 2 is 2.11 bits per heavy atom. The number of hydrogen-bond donors (Lipinski definition) is 1. The molecule has 19 heavy (non-hydrogen) atoms. The van der Waals surface area contributed by atoms with Crippen molar-refractivity contribution in [3.63, 3.8) is 0 Å². The molecule has 2 rings (SSSR count). The van der Waals surface area contributed by atoms with E-state index in [1.54, 1.807) is 11.3 Å². The molecule has 1 aromatic rings. The first kappa shape index (κ1) is 14.9. The fourth-order valence-electron chi connectivity index (χ4n) is 2.52. The number of aryl methyl sites for hydroxylation is 1. The van der Waals surface area contributed by atoms with Crippen molar-refractivity contribution in [3.05, 3.63) is 16.1 Å². The highest BCUT2D eigenvalue weighted by Gasteiger charge is 2.39. The van der Waals surface area contributed by atoms with Crippen LogP contribution in [0.25, 0.3) is 0 Å². The van der Waals surface area contributed by atoms with E-state index in [1.807, 2.05) is 19.5 Å². The molecular weight excluding hydrogens is 282 g/mol. The molecule has 2 N–H and O–H groups in total. The second-order valence-electron chi connectivity index (χ2n) is 5.30. The summed E-state index contributed by atoms with van der Waals surface area (Å²) in [5.74, 6) is 0.492.